The van der Waals surface area contributed by atoms with Crippen molar-refractivity contribution in [2.75, 3.05) is 0 Å². The Balaban J connectivity index is 1.47. The van der Waals surface area contributed by atoms with E-state index in [0.717, 1.165) is 5.56 Å². The Morgan fingerprint density at radius 2 is 1.83 bits per heavy atom. The smallest absolute Gasteiger partial charge is 0.230 e. The molecular formula is C28H35NO6. The molecule has 1 amide bonds. The van der Waals surface area contributed by atoms with Crippen molar-refractivity contribution in [3.8, 4) is 0 Å². The third-order valence-corrected chi connectivity index (χ3v) is 9.86. The summed E-state index contributed by atoms with van der Waals surface area (Å²) in [7, 11) is 0. The van der Waals surface area contributed by atoms with Gasteiger partial charge in [-0.3, -0.25) is 9.59 Å². The van der Waals surface area contributed by atoms with Crippen LogP contribution in [0.5, 0.6) is 0 Å². The molecule has 1 aromatic carbocycles. The molecule has 1 spiro atoms. The van der Waals surface area contributed by atoms with Gasteiger partial charge < -0.3 is 25.0 Å². The van der Waals surface area contributed by atoms with Crippen LogP contribution in [0.15, 0.2) is 42.5 Å². The van der Waals surface area contributed by atoms with Crippen molar-refractivity contribution in [1.82, 2.24) is 5.32 Å². The van der Waals surface area contributed by atoms with Crippen LogP contribution in [0.4, 0.5) is 0 Å². The number of ether oxygens (including phenoxy) is 2. The molecule has 0 radical (unpaired) electrons. The largest absolute Gasteiger partial charge is 0.389 e. The fourth-order valence-corrected chi connectivity index (χ4v) is 7.74. The van der Waals surface area contributed by atoms with Gasteiger partial charge in [0, 0.05) is 23.8 Å². The zero-order valence-corrected chi connectivity index (χ0v) is 20.7. The topological polar surface area (TPSA) is 112 Å². The van der Waals surface area contributed by atoms with Crippen LogP contribution in [0.1, 0.15) is 39.7 Å². The van der Waals surface area contributed by atoms with Crippen LogP contribution in [0.2, 0.25) is 0 Å². The molecule has 1 saturated carbocycles. The first-order chi connectivity index (χ1) is 16.5. The van der Waals surface area contributed by atoms with E-state index in [1.807, 2.05) is 30.4 Å². The van der Waals surface area contributed by atoms with Gasteiger partial charge >= 0.3 is 0 Å². The molecule has 7 nitrogen and oxygen atoms in total. The number of allylic oxidation sites excluding steroid dienone is 1. The van der Waals surface area contributed by atoms with E-state index in [-0.39, 0.29) is 47.2 Å². The lowest BCUT2D eigenvalue weighted by molar-refractivity contribution is -0.148. The number of benzene rings is 1. The van der Waals surface area contributed by atoms with Crippen LogP contribution < -0.4 is 5.32 Å². The number of hydrogen-bond donors (Lipinski definition) is 3. The van der Waals surface area contributed by atoms with Gasteiger partial charge in [-0.2, -0.15) is 0 Å². The fourth-order valence-electron chi connectivity index (χ4n) is 7.74. The predicted molar refractivity (Wildman–Crippen MR) is 127 cm³/mol. The van der Waals surface area contributed by atoms with Gasteiger partial charge in [0.1, 0.15) is 17.8 Å². The molecule has 1 aromatic rings. The van der Waals surface area contributed by atoms with Crippen LogP contribution in [0.25, 0.3) is 0 Å². The van der Waals surface area contributed by atoms with E-state index in [4.69, 9.17) is 9.47 Å². The molecule has 3 N–H and O–H groups in total. The fraction of sp³-hybridized carbons (Fsp3) is 0.643. The quantitative estimate of drug-likeness (QED) is 0.439. The van der Waals surface area contributed by atoms with E-state index in [1.54, 1.807) is 6.92 Å². The molecule has 5 aliphatic rings. The number of Topliss-reactive ketones (excluding diaryl/α,β-unsaturated/α-hetero) is 1. The molecular weight excluding hydrogens is 446 g/mol. The average molecular weight is 482 g/mol. The molecule has 35 heavy (non-hydrogen) atoms. The van der Waals surface area contributed by atoms with Crippen molar-refractivity contribution in [2.45, 2.75) is 82.2 Å². The maximum atomic E-state index is 14.0. The van der Waals surface area contributed by atoms with E-state index in [0.29, 0.717) is 12.8 Å². The summed E-state index contributed by atoms with van der Waals surface area (Å²) in [5.74, 6) is -1.48. The summed E-state index contributed by atoms with van der Waals surface area (Å²) >= 11 is 0. The molecule has 4 fully saturated rings. The van der Waals surface area contributed by atoms with Crippen LogP contribution >= 0.6 is 0 Å². The summed E-state index contributed by atoms with van der Waals surface area (Å²) in [6.07, 6.45) is 1.98. The highest BCUT2D eigenvalue weighted by Crippen LogP contribution is 2.68. The van der Waals surface area contributed by atoms with Gasteiger partial charge in [-0.1, -0.05) is 56.3 Å². The summed E-state index contributed by atoms with van der Waals surface area (Å²) < 4.78 is 12.1. The first-order valence-corrected chi connectivity index (χ1v) is 12.8. The number of hydrogen-bond acceptors (Lipinski definition) is 6. The molecule has 1 unspecified atom stereocenters. The summed E-state index contributed by atoms with van der Waals surface area (Å²) in [5.41, 5.74) is -2.18. The summed E-state index contributed by atoms with van der Waals surface area (Å²) in [6, 6.07) is 9.87. The Kier molecular flexibility index (Phi) is 4.99. The lowest BCUT2D eigenvalue weighted by Crippen LogP contribution is -2.61. The van der Waals surface area contributed by atoms with E-state index < -0.39 is 35.2 Å². The minimum absolute atomic E-state index is 0.00264. The van der Waals surface area contributed by atoms with Gasteiger partial charge in [0.15, 0.2) is 5.78 Å². The summed E-state index contributed by atoms with van der Waals surface area (Å²) in [6.45, 7) is 7.49. The summed E-state index contributed by atoms with van der Waals surface area (Å²) in [5, 5.41) is 26.3. The Labute approximate surface area is 205 Å². The molecule has 0 bridgehead atoms. The van der Waals surface area contributed by atoms with Gasteiger partial charge in [-0.15, -0.1) is 0 Å². The minimum atomic E-state index is -1.73. The van der Waals surface area contributed by atoms with Crippen molar-refractivity contribution in [2.24, 2.45) is 29.1 Å². The molecule has 3 heterocycles. The highest BCUT2D eigenvalue weighted by molar-refractivity contribution is 5.91. The van der Waals surface area contributed by atoms with E-state index >= 15 is 0 Å². The molecule has 188 valence electrons. The van der Waals surface area contributed by atoms with Gasteiger partial charge in [0.25, 0.3) is 0 Å². The minimum Gasteiger partial charge on any atom is -0.389 e. The maximum absolute atomic E-state index is 14.0. The number of amides is 1. The monoisotopic (exact) mass is 481 g/mol. The first kappa shape index (κ1) is 23.3. The lowest BCUT2D eigenvalue weighted by Gasteiger charge is -2.49. The van der Waals surface area contributed by atoms with E-state index in [2.05, 4.69) is 31.3 Å². The maximum Gasteiger partial charge on any atom is 0.230 e. The number of aliphatic hydroxyl groups is 2. The Hall–Kier alpha value is -2.06. The van der Waals surface area contributed by atoms with E-state index in [1.165, 1.54) is 6.92 Å². The molecule has 7 heteroatoms. The standard InChI is InChI=1S/C28H35NO6/c1-14-9-8-12-17-23-27(4,35-23)15(2)19-18(13-16-10-6-5-7-11-16)29-25(32)28(17,19)22(31)20-24(34-20)26(3,33)21(14)30/h5-8,10-12,14-15,17-20,22-24,31,33H,9,13H2,1-4H3,(H,29,32)/b12-8+/t14-,15-,17-,18-,19?,20-,22+,23-,24+,26-,27+,28-/m0/s1. The number of carbonyl (C=O) groups is 2. The van der Waals surface area contributed by atoms with Crippen molar-refractivity contribution < 1.29 is 29.3 Å². The second-order valence-corrected chi connectivity index (χ2v) is 11.8. The molecule has 3 aliphatic heterocycles. The number of ketones is 1. The molecule has 6 rings (SSSR count). The molecule has 12 atom stereocenters. The second-order valence-electron chi connectivity index (χ2n) is 11.8. The van der Waals surface area contributed by atoms with Crippen LogP contribution in [0, 0.1) is 29.1 Å². The third kappa shape index (κ3) is 3.05. The highest BCUT2D eigenvalue weighted by Gasteiger charge is 2.80. The number of aliphatic hydroxyl groups excluding tert-OH is 1. The molecule has 0 aromatic heterocycles. The number of epoxide rings is 2. The van der Waals surface area contributed by atoms with Gasteiger partial charge in [-0.05, 0) is 38.2 Å². The van der Waals surface area contributed by atoms with Crippen molar-refractivity contribution in [1.29, 1.82) is 0 Å². The number of nitrogens with one attached hydrogen (secondary N) is 1. The van der Waals surface area contributed by atoms with Gasteiger partial charge in [0.05, 0.1) is 23.2 Å². The first-order valence-electron chi connectivity index (χ1n) is 12.8. The van der Waals surface area contributed by atoms with Crippen LogP contribution in [0.3, 0.4) is 0 Å². The number of rotatable bonds is 2. The Morgan fingerprint density at radius 3 is 2.54 bits per heavy atom. The highest BCUT2D eigenvalue weighted by atomic mass is 16.6. The SMILES string of the molecule is C[C@H]1C/C=C/[C@H]2[C@@H]3O[C@]3(C)[C@@H](C)C3[C@H](Cc4ccccc4)NC(=O)[C@]32[C@H](O)[C@@H]2O[C@H]2[C@@](C)(O)C1=O. The van der Waals surface area contributed by atoms with Crippen LogP contribution in [-0.4, -0.2) is 63.6 Å². The predicted octanol–water partition coefficient (Wildman–Crippen LogP) is 1.80. The summed E-state index contributed by atoms with van der Waals surface area (Å²) in [4.78, 5) is 27.1. The second kappa shape index (κ2) is 7.48. The lowest BCUT2D eigenvalue weighted by atomic mass is 9.50. The number of fused-ring (bicyclic) bond motifs is 3. The van der Waals surface area contributed by atoms with Crippen molar-refractivity contribution in [3.63, 3.8) is 0 Å². The van der Waals surface area contributed by atoms with Crippen molar-refractivity contribution >= 4 is 11.7 Å². The Bertz CT molecular complexity index is 1090. The van der Waals surface area contributed by atoms with E-state index in [9.17, 15) is 19.8 Å². The van der Waals surface area contributed by atoms with Crippen LogP contribution in [-0.2, 0) is 25.5 Å². The van der Waals surface area contributed by atoms with Gasteiger partial charge in [0.2, 0.25) is 5.91 Å². The zero-order chi connectivity index (χ0) is 24.9. The third-order valence-electron chi connectivity index (χ3n) is 9.86. The average Bonchev–Trinajstić information content (AvgIpc) is 3.73. The zero-order valence-electron chi connectivity index (χ0n) is 20.7. The normalized spacial score (nSPS) is 53.3. The molecule has 2 aliphatic carbocycles. The Morgan fingerprint density at radius 1 is 1.11 bits per heavy atom. The van der Waals surface area contributed by atoms with Gasteiger partial charge in [-0.25, -0.2) is 0 Å². The number of carbonyl (C=O) groups excluding carboxylic acids is 2. The van der Waals surface area contributed by atoms with Crippen molar-refractivity contribution in [3.05, 3.63) is 48.0 Å². The molecule has 3 saturated heterocycles.